The average Bonchev–Trinajstić information content (AvgIpc) is 2.45. The standard InChI is InChI=1S/C16H16.C2H2/c1-2-14-4-3-13(1)9-10-15-5-7-16(8-6-15)12-11-14;1-2/h1-8H,9-12H2;1-2H. The Hall–Kier alpha value is -2.00. The molecule has 0 aromatic heterocycles. The van der Waals surface area contributed by atoms with Gasteiger partial charge in [0.2, 0.25) is 0 Å². The van der Waals surface area contributed by atoms with Crippen LogP contribution >= 0.6 is 0 Å². The third kappa shape index (κ3) is 3.02. The molecule has 2 aromatic rings. The van der Waals surface area contributed by atoms with E-state index in [1.165, 1.54) is 22.3 Å². The van der Waals surface area contributed by atoms with Gasteiger partial charge in [-0.3, -0.25) is 0 Å². The second kappa shape index (κ2) is 6.07. The maximum Gasteiger partial charge on any atom is -0.0238 e. The molecule has 18 heavy (non-hydrogen) atoms. The van der Waals surface area contributed by atoms with Gasteiger partial charge in [0.05, 0.1) is 0 Å². The summed E-state index contributed by atoms with van der Waals surface area (Å²) < 4.78 is 0. The highest BCUT2D eigenvalue weighted by Gasteiger charge is 2.01. The van der Waals surface area contributed by atoms with E-state index in [1.54, 1.807) is 0 Å². The first kappa shape index (κ1) is 12.5. The van der Waals surface area contributed by atoms with Crippen LogP contribution in [0.5, 0.6) is 0 Å². The number of aryl methyl sites for hydroxylation is 4. The molecule has 2 aromatic carbocycles. The van der Waals surface area contributed by atoms with Crippen LogP contribution in [0, 0.1) is 12.8 Å². The molecule has 0 radical (unpaired) electrons. The zero-order chi connectivity index (χ0) is 12.8. The van der Waals surface area contributed by atoms with Crippen LogP contribution < -0.4 is 0 Å². The largest absolute Gasteiger partial charge is 0.124 e. The normalized spacial score (nSPS) is 13.0. The van der Waals surface area contributed by atoms with Gasteiger partial charge in [0.15, 0.2) is 0 Å². The Morgan fingerprint density at radius 2 is 0.611 bits per heavy atom. The molecule has 0 spiro atoms. The number of rotatable bonds is 0. The Labute approximate surface area is 110 Å². The van der Waals surface area contributed by atoms with Crippen LogP contribution in [0.2, 0.25) is 0 Å². The van der Waals surface area contributed by atoms with Crippen LogP contribution in [0.1, 0.15) is 22.3 Å². The Balaban J connectivity index is 0.000000574. The molecule has 0 N–H and O–H groups in total. The van der Waals surface area contributed by atoms with Crippen molar-refractivity contribution in [2.45, 2.75) is 25.7 Å². The van der Waals surface area contributed by atoms with Crippen molar-refractivity contribution in [3.05, 3.63) is 70.8 Å². The molecule has 6 rings (SSSR count). The lowest BCUT2D eigenvalue weighted by Crippen LogP contribution is -1.97. The summed E-state index contributed by atoms with van der Waals surface area (Å²) in [7, 11) is 0. The molecule has 90 valence electrons. The first-order chi connectivity index (χ1) is 8.90. The third-order valence-corrected chi connectivity index (χ3v) is 3.45. The predicted molar refractivity (Wildman–Crippen MR) is 77.6 cm³/mol. The molecule has 0 aliphatic heterocycles. The van der Waals surface area contributed by atoms with Crippen molar-refractivity contribution in [1.29, 1.82) is 0 Å². The van der Waals surface area contributed by atoms with E-state index in [4.69, 9.17) is 0 Å². The van der Waals surface area contributed by atoms with Crippen molar-refractivity contribution < 1.29 is 0 Å². The minimum Gasteiger partial charge on any atom is -0.124 e. The van der Waals surface area contributed by atoms with Crippen molar-refractivity contribution in [3.63, 3.8) is 0 Å². The fourth-order valence-electron chi connectivity index (χ4n) is 2.32. The monoisotopic (exact) mass is 234 g/mol. The molecule has 0 unspecified atom stereocenters. The molecule has 0 amide bonds. The summed E-state index contributed by atoms with van der Waals surface area (Å²) >= 11 is 0. The lowest BCUT2D eigenvalue weighted by Gasteiger charge is -2.09. The van der Waals surface area contributed by atoms with E-state index in [2.05, 4.69) is 61.4 Å². The molecule has 0 fully saturated rings. The fraction of sp³-hybridized carbons (Fsp3) is 0.222. The van der Waals surface area contributed by atoms with E-state index in [0.29, 0.717) is 0 Å². The summed E-state index contributed by atoms with van der Waals surface area (Å²) in [5.74, 6) is 0. The quantitative estimate of drug-likeness (QED) is 0.608. The summed E-state index contributed by atoms with van der Waals surface area (Å²) in [6.45, 7) is 0. The van der Waals surface area contributed by atoms with Gasteiger partial charge in [-0.15, -0.1) is 12.8 Å². The Bertz CT molecular complexity index is 406. The second-order valence-corrected chi connectivity index (χ2v) is 4.63. The van der Waals surface area contributed by atoms with Crippen molar-refractivity contribution in [3.8, 4) is 12.8 Å². The number of benzene rings is 2. The Kier molecular flexibility index (Phi) is 4.20. The summed E-state index contributed by atoms with van der Waals surface area (Å²) in [4.78, 5) is 0. The highest BCUT2D eigenvalue weighted by molar-refractivity contribution is 5.29. The van der Waals surface area contributed by atoms with Crippen LogP contribution in [0.15, 0.2) is 48.5 Å². The molecule has 0 saturated carbocycles. The van der Waals surface area contributed by atoms with Gasteiger partial charge < -0.3 is 0 Å². The zero-order valence-electron chi connectivity index (χ0n) is 10.6. The average molecular weight is 234 g/mol. The lowest BCUT2D eigenvalue weighted by atomic mass is 9.97. The van der Waals surface area contributed by atoms with Gasteiger partial charge >= 0.3 is 0 Å². The number of hydrogen-bond donors (Lipinski definition) is 0. The Morgan fingerprint density at radius 3 is 0.778 bits per heavy atom. The van der Waals surface area contributed by atoms with Crippen molar-refractivity contribution in [2.24, 2.45) is 0 Å². The van der Waals surface area contributed by atoms with Crippen molar-refractivity contribution >= 4 is 0 Å². The third-order valence-electron chi connectivity index (χ3n) is 3.45. The number of terminal acetylenes is 1. The molecule has 0 saturated heterocycles. The summed E-state index contributed by atoms with van der Waals surface area (Å²) in [6.07, 6.45) is 12.6. The molecule has 0 heterocycles. The highest BCUT2D eigenvalue weighted by atomic mass is 14.1. The van der Waals surface area contributed by atoms with E-state index >= 15 is 0 Å². The van der Waals surface area contributed by atoms with Crippen LogP contribution in [0.4, 0.5) is 0 Å². The maximum atomic E-state index is 4.00. The molecule has 0 heteroatoms. The van der Waals surface area contributed by atoms with E-state index in [-0.39, 0.29) is 0 Å². The minimum absolute atomic E-state index is 1.15. The molecule has 0 nitrogen and oxygen atoms in total. The van der Waals surface area contributed by atoms with E-state index in [1.807, 2.05) is 0 Å². The smallest absolute Gasteiger partial charge is 0.0238 e. The van der Waals surface area contributed by atoms with Crippen molar-refractivity contribution in [1.82, 2.24) is 0 Å². The minimum atomic E-state index is 1.15. The molecule has 4 aliphatic carbocycles. The van der Waals surface area contributed by atoms with E-state index < -0.39 is 0 Å². The van der Waals surface area contributed by atoms with Gasteiger partial charge in [0.25, 0.3) is 0 Å². The highest BCUT2D eigenvalue weighted by Crippen LogP contribution is 2.14. The van der Waals surface area contributed by atoms with Crippen LogP contribution in [-0.2, 0) is 25.7 Å². The Morgan fingerprint density at radius 1 is 0.444 bits per heavy atom. The zero-order valence-corrected chi connectivity index (χ0v) is 10.6. The topological polar surface area (TPSA) is 0 Å². The van der Waals surface area contributed by atoms with Gasteiger partial charge in [0.1, 0.15) is 0 Å². The van der Waals surface area contributed by atoms with Gasteiger partial charge in [-0.05, 0) is 47.9 Å². The van der Waals surface area contributed by atoms with E-state index in [0.717, 1.165) is 25.7 Å². The van der Waals surface area contributed by atoms with Crippen molar-refractivity contribution in [2.75, 3.05) is 0 Å². The summed E-state index contributed by atoms with van der Waals surface area (Å²) in [5, 5.41) is 0. The maximum absolute atomic E-state index is 4.00. The summed E-state index contributed by atoms with van der Waals surface area (Å²) in [5.41, 5.74) is 5.81. The summed E-state index contributed by atoms with van der Waals surface area (Å²) in [6, 6.07) is 18.2. The van der Waals surface area contributed by atoms with Crippen LogP contribution in [0.3, 0.4) is 0 Å². The van der Waals surface area contributed by atoms with Crippen LogP contribution in [0.25, 0.3) is 0 Å². The molecular weight excluding hydrogens is 216 g/mol. The molecule has 0 atom stereocenters. The van der Waals surface area contributed by atoms with Gasteiger partial charge in [-0.2, -0.15) is 0 Å². The molecule has 4 bridgehead atoms. The fourth-order valence-corrected chi connectivity index (χ4v) is 2.32. The first-order valence-corrected chi connectivity index (χ1v) is 6.39. The second-order valence-electron chi connectivity index (χ2n) is 4.63. The first-order valence-electron chi connectivity index (χ1n) is 6.39. The lowest BCUT2D eigenvalue weighted by molar-refractivity contribution is 0.921. The molecule has 4 aliphatic rings. The van der Waals surface area contributed by atoms with Gasteiger partial charge in [-0.1, -0.05) is 48.5 Å². The van der Waals surface area contributed by atoms with Gasteiger partial charge in [0, 0.05) is 0 Å². The van der Waals surface area contributed by atoms with E-state index in [9.17, 15) is 0 Å². The van der Waals surface area contributed by atoms with Crippen LogP contribution in [-0.4, -0.2) is 0 Å². The SMILES string of the molecule is C#C.c1cc2ccc1CCc1ccc(cc1)CC2. The predicted octanol–water partition coefficient (Wildman–Crippen LogP) is 3.82. The van der Waals surface area contributed by atoms with Gasteiger partial charge in [-0.25, -0.2) is 0 Å². The molecular formula is C18H18. The number of hydrogen-bond acceptors (Lipinski definition) is 0.